The summed E-state index contributed by atoms with van der Waals surface area (Å²) in [6, 6.07) is 7.32. The minimum absolute atomic E-state index is 0.0198. The van der Waals surface area contributed by atoms with Crippen LogP contribution in [0.25, 0.3) is 5.70 Å². The number of piperazine rings is 1. The molecule has 8 heteroatoms. The first kappa shape index (κ1) is 23.1. The van der Waals surface area contributed by atoms with Crippen molar-refractivity contribution in [2.45, 2.75) is 33.4 Å². The molecule has 0 aliphatic carbocycles. The van der Waals surface area contributed by atoms with Crippen LogP contribution in [0.5, 0.6) is 0 Å². The van der Waals surface area contributed by atoms with E-state index in [1.165, 1.54) is 23.4 Å². The van der Waals surface area contributed by atoms with E-state index >= 15 is 0 Å². The molecular formula is C24H29N5O3. The van der Waals surface area contributed by atoms with E-state index in [1.807, 2.05) is 32.1 Å². The summed E-state index contributed by atoms with van der Waals surface area (Å²) >= 11 is 0. The highest BCUT2D eigenvalue weighted by Crippen LogP contribution is 2.22. The Labute approximate surface area is 188 Å². The Morgan fingerprint density at radius 2 is 2.09 bits per heavy atom. The van der Waals surface area contributed by atoms with Gasteiger partial charge in [0.15, 0.2) is 5.69 Å². The number of carboxylic acid groups (broad SMARTS) is 1. The fourth-order valence-corrected chi connectivity index (χ4v) is 3.84. The number of aromatic nitrogens is 2. The minimum atomic E-state index is -1.15. The van der Waals surface area contributed by atoms with E-state index in [0.29, 0.717) is 6.54 Å². The van der Waals surface area contributed by atoms with Crippen molar-refractivity contribution in [3.63, 3.8) is 0 Å². The molecule has 1 aliphatic rings. The molecule has 1 aromatic heterocycles. The second-order valence-corrected chi connectivity index (χ2v) is 7.89. The Morgan fingerprint density at radius 1 is 1.31 bits per heavy atom. The van der Waals surface area contributed by atoms with Gasteiger partial charge in [0, 0.05) is 44.0 Å². The molecule has 32 heavy (non-hydrogen) atoms. The highest BCUT2D eigenvalue weighted by atomic mass is 16.4. The summed E-state index contributed by atoms with van der Waals surface area (Å²) in [4.78, 5) is 32.0. The number of benzene rings is 1. The van der Waals surface area contributed by atoms with Crippen LogP contribution in [0, 0.1) is 6.92 Å². The van der Waals surface area contributed by atoms with Gasteiger partial charge in [-0.3, -0.25) is 9.89 Å². The Balaban J connectivity index is 1.65. The molecule has 168 valence electrons. The fourth-order valence-electron chi connectivity index (χ4n) is 3.84. The maximum absolute atomic E-state index is 12.8. The summed E-state index contributed by atoms with van der Waals surface area (Å²) in [5.74, 6) is -1.15. The summed E-state index contributed by atoms with van der Waals surface area (Å²) < 4.78 is 1.10. The molecule has 0 bridgehead atoms. The molecule has 1 atom stereocenters. The van der Waals surface area contributed by atoms with Crippen molar-refractivity contribution < 1.29 is 14.7 Å². The van der Waals surface area contributed by atoms with Gasteiger partial charge < -0.3 is 10.0 Å². The third kappa shape index (κ3) is 5.20. The van der Waals surface area contributed by atoms with Crippen molar-refractivity contribution in [1.82, 2.24) is 19.6 Å². The van der Waals surface area contributed by atoms with E-state index in [1.54, 1.807) is 4.90 Å². The molecule has 0 unspecified atom stereocenters. The third-order valence-corrected chi connectivity index (χ3v) is 5.61. The van der Waals surface area contributed by atoms with Crippen LogP contribution < -0.4 is 0 Å². The SMILES string of the molecule is C=N/C(=C\C=C/C)c1ccc(CN2CCN(C(=O)n3ccc(C(=O)O)n3)[C@H](C)C2)c(C)c1. The van der Waals surface area contributed by atoms with Crippen molar-refractivity contribution in [3.8, 4) is 0 Å². The van der Waals surface area contributed by atoms with Crippen molar-refractivity contribution in [3.05, 3.63) is 71.1 Å². The lowest BCUT2D eigenvalue weighted by molar-refractivity contribution is 0.0689. The van der Waals surface area contributed by atoms with E-state index < -0.39 is 5.97 Å². The van der Waals surface area contributed by atoms with E-state index in [0.717, 1.165) is 35.6 Å². The predicted molar refractivity (Wildman–Crippen MR) is 125 cm³/mol. The number of hydrogen-bond acceptors (Lipinski definition) is 5. The molecule has 2 aromatic rings. The number of carbonyl (C=O) groups excluding carboxylic acids is 1. The number of aliphatic imine (C=N–C) groups is 1. The average molecular weight is 436 g/mol. The lowest BCUT2D eigenvalue weighted by Gasteiger charge is -2.39. The van der Waals surface area contributed by atoms with Crippen LogP contribution in [-0.4, -0.2) is 69.1 Å². The highest BCUT2D eigenvalue weighted by Gasteiger charge is 2.29. The smallest absolute Gasteiger partial charge is 0.356 e. The van der Waals surface area contributed by atoms with Gasteiger partial charge in [-0.25, -0.2) is 9.59 Å². The lowest BCUT2D eigenvalue weighted by Crippen LogP contribution is -2.54. The summed E-state index contributed by atoms with van der Waals surface area (Å²) in [6.07, 6.45) is 7.24. The monoisotopic (exact) mass is 435 g/mol. The Kier molecular flexibility index (Phi) is 7.37. The Bertz CT molecular complexity index is 1070. The summed E-state index contributed by atoms with van der Waals surface area (Å²) in [5, 5.41) is 12.9. The molecular weight excluding hydrogens is 406 g/mol. The molecule has 1 N–H and O–H groups in total. The molecule has 0 spiro atoms. The number of allylic oxidation sites excluding steroid dienone is 3. The average Bonchev–Trinajstić information content (AvgIpc) is 3.26. The number of aromatic carboxylic acids is 1. The number of carbonyl (C=O) groups is 2. The third-order valence-electron chi connectivity index (χ3n) is 5.61. The standard InChI is InChI=1S/C24H29N5O3/c1-5-6-7-21(25-4)19-8-9-20(17(2)14-19)16-27-12-13-28(18(3)15-27)24(32)29-11-10-22(26-29)23(30)31/h5-11,14,18H,4,12-13,15-16H2,1-3H3,(H,30,31)/b6-5-,21-7-/t18-/m1/s1. The van der Waals surface area contributed by atoms with Crippen molar-refractivity contribution >= 4 is 24.4 Å². The van der Waals surface area contributed by atoms with Gasteiger partial charge in [-0.2, -0.15) is 9.78 Å². The summed E-state index contributed by atoms with van der Waals surface area (Å²) in [6.45, 7) is 12.5. The number of carboxylic acids is 1. The number of rotatable bonds is 6. The van der Waals surface area contributed by atoms with Crippen LogP contribution in [0.3, 0.4) is 0 Å². The lowest BCUT2D eigenvalue weighted by atomic mass is 10.0. The number of aryl methyl sites for hydroxylation is 1. The van der Waals surface area contributed by atoms with E-state index in [-0.39, 0.29) is 17.8 Å². The van der Waals surface area contributed by atoms with Crippen LogP contribution >= 0.6 is 0 Å². The van der Waals surface area contributed by atoms with Gasteiger partial charge in [0.05, 0.1) is 5.70 Å². The molecule has 0 saturated carbocycles. The van der Waals surface area contributed by atoms with Crippen molar-refractivity contribution in [2.24, 2.45) is 4.99 Å². The maximum atomic E-state index is 12.8. The van der Waals surface area contributed by atoms with Crippen LogP contribution in [-0.2, 0) is 6.54 Å². The van der Waals surface area contributed by atoms with Crippen LogP contribution in [0.2, 0.25) is 0 Å². The first-order valence-electron chi connectivity index (χ1n) is 10.6. The molecule has 1 amide bonds. The largest absolute Gasteiger partial charge is 0.476 e. The molecule has 1 fully saturated rings. The first-order chi connectivity index (χ1) is 15.3. The molecule has 0 radical (unpaired) electrons. The number of amides is 1. The van der Waals surface area contributed by atoms with Gasteiger partial charge in [-0.05, 0) is 56.8 Å². The second kappa shape index (κ2) is 10.2. The van der Waals surface area contributed by atoms with Crippen LogP contribution in [0.4, 0.5) is 4.79 Å². The van der Waals surface area contributed by atoms with Crippen LogP contribution in [0.1, 0.15) is 41.0 Å². The fraction of sp³-hybridized carbons (Fsp3) is 0.333. The molecule has 1 aliphatic heterocycles. The van der Waals surface area contributed by atoms with Gasteiger partial charge in [0.1, 0.15) is 0 Å². The highest BCUT2D eigenvalue weighted by molar-refractivity contribution is 5.86. The predicted octanol–water partition coefficient (Wildman–Crippen LogP) is 3.68. The van der Waals surface area contributed by atoms with Gasteiger partial charge in [0.2, 0.25) is 0 Å². The number of hydrogen-bond donors (Lipinski definition) is 1. The van der Waals surface area contributed by atoms with E-state index in [2.05, 4.69) is 46.8 Å². The minimum Gasteiger partial charge on any atom is -0.476 e. The van der Waals surface area contributed by atoms with Gasteiger partial charge in [-0.1, -0.05) is 24.3 Å². The zero-order valence-corrected chi connectivity index (χ0v) is 18.7. The van der Waals surface area contributed by atoms with E-state index in [4.69, 9.17) is 5.11 Å². The Hall–Kier alpha value is -3.52. The van der Waals surface area contributed by atoms with Crippen molar-refractivity contribution in [1.29, 1.82) is 0 Å². The molecule has 8 nitrogen and oxygen atoms in total. The second-order valence-electron chi connectivity index (χ2n) is 7.89. The normalized spacial score (nSPS) is 17.7. The van der Waals surface area contributed by atoms with Crippen LogP contribution in [0.15, 0.2) is 53.7 Å². The van der Waals surface area contributed by atoms with Gasteiger partial charge >= 0.3 is 12.0 Å². The maximum Gasteiger partial charge on any atom is 0.356 e. The molecule has 2 heterocycles. The summed E-state index contributed by atoms with van der Waals surface area (Å²) in [5.41, 5.74) is 4.14. The zero-order chi connectivity index (χ0) is 23.3. The van der Waals surface area contributed by atoms with Gasteiger partial charge in [-0.15, -0.1) is 0 Å². The quantitative estimate of drug-likeness (QED) is 0.552. The molecule has 1 aromatic carbocycles. The summed E-state index contributed by atoms with van der Waals surface area (Å²) in [7, 11) is 0. The van der Waals surface area contributed by atoms with Gasteiger partial charge in [0.25, 0.3) is 0 Å². The molecule has 3 rings (SSSR count). The van der Waals surface area contributed by atoms with Crippen molar-refractivity contribution in [2.75, 3.05) is 19.6 Å². The number of nitrogens with zero attached hydrogens (tertiary/aromatic N) is 5. The first-order valence-corrected chi connectivity index (χ1v) is 10.6. The van der Waals surface area contributed by atoms with E-state index in [9.17, 15) is 9.59 Å². The zero-order valence-electron chi connectivity index (χ0n) is 18.7. The topological polar surface area (TPSA) is 91.0 Å². The Morgan fingerprint density at radius 3 is 2.69 bits per heavy atom. The molecule has 1 saturated heterocycles.